The molecule has 1 fully saturated rings. The highest BCUT2D eigenvalue weighted by Gasteiger charge is 2.26. The van der Waals surface area contributed by atoms with E-state index in [4.69, 9.17) is 0 Å². The van der Waals surface area contributed by atoms with Crippen molar-refractivity contribution in [3.63, 3.8) is 0 Å². The van der Waals surface area contributed by atoms with Gasteiger partial charge in [-0.1, -0.05) is 18.2 Å². The second kappa shape index (κ2) is 4.84. The van der Waals surface area contributed by atoms with Crippen molar-refractivity contribution in [3.05, 3.63) is 42.1 Å². The minimum absolute atomic E-state index is 0.301. The molecule has 2 rings (SSSR count). The fourth-order valence-corrected chi connectivity index (χ4v) is 1.52. The van der Waals surface area contributed by atoms with Gasteiger partial charge < -0.3 is 10.1 Å². The number of nitrogens with one attached hydrogen (secondary N) is 1. The van der Waals surface area contributed by atoms with Crippen LogP contribution in [0.3, 0.4) is 0 Å². The largest absolute Gasteiger partial charge is 0.466 e. The van der Waals surface area contributed by atoms with Crippen LogP contribution in [0.2, 0.25) is 0 Å². The number of hydrogen-bond acceptors (Lipinski definition) is 3. The van der Waals surface area contributed by atoms with Crippen molar-refractivity contribution in [2.24, 2.45) is 5.92 Å². The number of para-hydroxylation sites is 1. The molecule has 84 valence electrons. The SMILES string of the molecule is COC(=O)C=C(Nc1ccccc1)C1CC1. The second-order valence-electron chi connectivity index (χ2n) is 3.89. The zero-order chi connectivity index (χ0) is 11.4. The number of anilines is 1. The molecule has 0 bridgehead atoms. The lowest BCUT2D eigenvalue weighted by Gasteiger charge is -2.09. The first-order chi connectivity index (χ1) is 7.79. The van der Waals surface area contributed by atoms with Gasteiger partial charge in [0.15, 0.2) is 0 Å². The molecule has 1 aromatic rings. The third-order valence-electron chi connectivity index (χ3n) is 2.55. The number of esters is 1. The topological polar surface area (TPSA) is 38.3 Å². The summed E-state index contributed by atoms with van der Waals surface area (Å²) in [5, 5.41) is 3.27. The summed E-state index contributed by atoms with van der Waals surface area (Å²) in [5.74, 6) is 0.185. The van der Waals surface area contributed by atoms with Crippen molar-refractivity contribution in [1.29, 1.82) is 0 Å². The molecule has 1 N–H and O–H groups in total. The number of allylic oxidation sites excluding steroid dienone is 1. The Bertz CT molecular complexity index is 394. The van der Waals surface area contributed by atoms with Gasteiger partial charge in [-0.25, -0.2) is 4.79 Å². The average molecular weight is 217 g/mol. The number of ether oxygens (including phenoxy) is 1. The zero-order valence-electron chi connectivity index (χ0n) is 9.27. The van der Waals surface area contributed by atoms with Gasteiger partial charge in [0.1, 0.15) is 0 Å². The summed E-state index contributed by atoms with van der Waals surface area (Å²) < 4.78 is 4.64. The van der Waals surface area contributed by atoms with Crippen molar-refractivity contribution >= 4 is 11.7 Å². The number of rotatable bonds is 4. The van der Waals surface area contributed by atoms with Crippen LogP contribution >= 0.6 is 0 Å². The minimum Gasteiger partial charge on any atom is -0.466 e. The van der Waals surface area contributed by atoms with Crippen LogP contribution in [0.1, 0.15) is 12.8 Å². The van der Waals surface area contributed by atoms with E-state index in [-0.39, 0.29) is 5.97 Å². The summed E-state index contributed by atoms with van der Waals surface area (Å²) >= 11 is 0. The van der Waals surface area contributed by atoms with Crippen LogP contribution < -0.4 is 5.32 Å². The van der Waals surface area contributed by atoms with Crippen molar-refractivity contribution in [3.8, 4) is 0 Å². The molecular formula is C13H15NO2. The van der Waals surface area contributed by atoms with E-state index in [1.807, 2.05) is 30.3 Å². The van der Waals surface area contributed by atoms with Crippen LogP contribution in [0.25, 0.3) is 0 Å². The number of hydrogen-bond donors (Lipinski definition) is 1. The van der Waals surface area contributed by atoms with E-state index in [9.17, 15) is 4.79 Å². The maximum atomic E-state index is 11.2. The molecule has 0 heterocycles. The Hall–Kier alpha value is -1.77. The van der Waals surface area contributed by atoms with Gasteiger partial charge >= 0.3 is 5.97 Å². The molecule has 16 heavy (non-hydrogen) atoms. The van der Waals surface area contributed by atoms with Gasteiger partial charge in [-0.3, -0.25) is 0 Å². The molecule has 0 radical (unpaired) electrons. The highest BCUT2D eigenvalue weighted by Crippen LogP contribution is 2.36. The predicted molar refractivity (Wildman–Crippen MR) is 62.9 cm³/mol. The quantitative estimate of drug-likeness (QED) is 0.622. The molecule has 0 unspecified atom stereocenters. The third-order valence-corrected chi connectivity index (χ3v) is 2.55. The van der Waals surface area contributed by atoms with Crippen molar-refractivity contribution in [2.75, 3.05) is 12.4 Å². The monoisotopic (exact) mass is 217 g/mol. The van der Waals surface area contributed by atoms with E-state index < -0.39 is 0 Å². The summed E-state index contributed by atoms with van der Waals surface area (Å²) in [6.07, 6.45) is 3.83. The Morgan fingerprint density at radius 2 is 2.06 bits per heavy atom. The van der Waals surface area contributed by atoms with Gasteiger partial charge in [-0.15, -0.1) is 0 Å². The molecule has 1 aliphatic carbocycles. The van der Waals surface area contributed by atoms with E-state index in [1.54, 1.807) is 6.08 Å². The van der Waals surface area contributed by atoms with Crippen molar-refractivity contribution < 1.29 is 9.53 Å². The lowest BCUT2D eigenvalue weighted by atomic mass is 10.2. The van der Waals surface area contributed by atoms with Gasteiger partial charge in [0, 0.05) is 17.5 Å². The van der Waals surface area contributed by atoms with E-state index in [0.29, 0.717) is 5.92 Å². The lowest BCUT2D eigenvalue weighted by Crippen LogP contribution is -2.06. The maximum Gasteiger partial charge on any atom is 0.332 e. The molecule has 0 atom stereocenters. The Balaban J connectivity index is 2.09. The highest BCUT2D eigenvalue weighted by atomic mass is 16.5. The third kappa shape index (κ3) is 2.86. The number of carbonyl (C=O) groups is 1. The van der Waals surface area contributed by atoms with Crippen molar-refractivity contribution in [2.45, 2.75) is 12.8 Å². The number of methoxy groups -OCH3 is 1. The average Bonchev–Trinajstić information content (AvgIpc) is 3.13. The molecule has 1 aliphatic rings. The van der Waals surface area contributed by atoms with Crippen LogP contribution in [0.15, 0.2) is 42.1 Å². The minimum atomic E-state index is -0.301. The zero-order valence-corrected chi connectivity index (χ0v) is 9.27. The Kier molecular flexibility index (Phi) is 3.25. The molecule has 3 nitrogen and oxygen atoms in total. The Labute approximate surface area is 95.1 Å². The molecule has 0 spiro atoms. The molecule has 0 aliphatic heterocycles. The van der Waals surface area contributed by atoms with Gasteiger partial charge in [0.05, 0.1) is 7.11 Å². The Morgan fingerprint density at radius 1 is 1.38 bits per heavy atom. The van der Waals surface area contributed by atoms with E-state index in [1.165, 1.54) is 7.11 Å². The molecule has 1 saturated carbocycles. The van der Waals surface area contributed by atoms with Crippen molar-refractivity contribution in [1.82, 2.24) is 0 Å². The summed E-state index contributed by atoms with van der Waals surface area (Å²) in [6, 6.07) is 9.85. The van der Waals surface area contributed by atoms with Crippen LogP contribution in [0, 0.1) is 5.92 Å². The van der Waals surface area contributed by atoms with Crippen LogP contribution in [-0.4, -0.2) is 13.1 Å². The molecule has 0 amide bonds. The van der Waals surface area contributed by atoms with Gasteiger partial charge in [0.2, 0.25) is 0 Å². The number of benzene rings is 1. The second-order valence-corrected chi connectivity index (χ2v) is 3.89. The first-order valence-electron chi connectivity index (χ1n) is 5.41. The summed E-state index contributed by atoms with van der Waals surface area (Å²) in [5.41, 5.74) is 1.96. The maximum absolute atomic E-state index is 11.2. The highest BCUT2D eigenvalue weighted by molar-refractivity contribution is 5.83. The predicted octanol–water partition coefficient (Wildman–Crippen LogP) is 2.57. The normalized spacial score (nSPS) is 15.7. The fraction of sp³-hybridized carbons (Fsp3) is 0.308. The molecule has 0 saturated heterocycles. The molecule has 3 heteroatoms. The first-order valence-corrected chi connectivity index (χ1v) is 5.41. The molecule has 1 aromatic carbocycles. The van der Waals surface area contributed by atoms with Crippen LogP contribution in [0.5, 0.6) is 0 Å². The molecule has 0 aromatic heterocycles. The van der Waals surface area contributed by atoms with Gasteiger partial charge in [-0.2, -0.15) is 0 Å². The summed E-state index contributed by atoms with van der Waals surface area (Å²) in [7, 11) is 1.39. The Morgan fingerprint density at radius 3 is 2.62 bits per heavy atom. The standard InChI is InChI=1S/C13H15NO2/c1-16-13(15)9-12(10-7-8-10)14-11-5-3-2-4-6-11/h2-6,9-10,14H,7-8H2,1H3. The fourth-order valence-electron chi connectivity index (χ4n) is 1.52. The van der Waals surface area contributed by atoms with E-state index >= 15 is 0 Å². The summed E-state index contributed by atoms with van der Waals surface area (Å²) in [4.78, 5) is 11.2. The number of carbonyl (C=O) groups excluding carboxylic acids is 1. The van der Waals surface area contributed by atoms with Gasteiger partial charge in [0.25, 0.3) is 0 Å². The van der Waals surface area contributed by atoms with E-state index in [0.717, 1.165) is 24.2 Å². The van der Waals surface area contributed by atoms with E-state index in [2.05, 4.69) is 10.1 Å². The lowest BCUT2D eigenvalue weighted by molar-refractivity contribution is -0.134. The van der Waals surface area contributed by atoms with Crippen LogP contribution in [-0.2, 0) is 9.53 Å². The van der Waals surface area contributed by atoms with Gasteiger partial charge in [-0.05, 0) is 30.9 Å². The summed E-state index contributed by atoms with van der Waals surface area (Å²) in [6.45, 7) is 0. The van der Waals surface area contributed by atoms with Crippen LogP contribution in [0.4, 0.5) is 5.69 Å². The smallest absolute Gasteiger partial charge is 0.332 e. The molecular weight excluding hydrogens is 202 g/mol. The first kappa shape index (κ1) is 10.7.